The number of methoxy groups -OCH3 is 1. The zero-order valence-electron chi connectivity index (χ0n) is 37.8. The van der Waals surface area contributed by atoms with Crippen LogP contribution in [-0.2, 0) is 78.2 Å². The molecule has 0 bridgehead atoms. The standard InChI is InChI=1S/C32H43N15O23P4S/c1-44-9-47(25-15(44)27(53)43-32(35)41-25)29-19(51)16(48)10(66-29)3-62-71(54,55)69-73(58,59)70-72(56,57)63-5-12-20(21(61-2)30(67-12)45-7-38-13-22(33)36-6-37-23(13)45)68-74(60,75)64-4-11-17(49)18(50)28(65-11)46-8-39-14-24(46)40-31(34)42-26(14)52/h6-12,16-21,28-30,48-51H,3-5H2,1-2H3,(H11-,33,34,35,36,37,40,41,42,43,52,53,54,55,56,57,58,59,60,75)/p-3/t10-,11-,12-,16-,17-,18-,19-,20-,21-,28-,29-,30-,74?/m1/s1. The molecule has 0 aromatic carbocycles. The van der Waals surface area contributed by atoms with Crippen molar-refractivity contribution in [3.8, 4) is 0 Å². The Hall–Kier alpha value is -4.73. The van der Waals surface area contributed by atoms with Crippen molar-refractivity contribution in [2.75, 3.05) is 44.1 Å². The van der Waals surface area contributed by atoms with Gasteiger partial charge in [-0.2, -0.15) is 4.98 Å². The number of rotatable bonds is 19. The summed E-state index contributed by atoms with van der Waals surface area (Å²) in [6, 6.07) is 0. The van der Waals surface area contributed by atoms with Crippen LogP contribution in [-0.4, -0.2) is 156 Å². The number of hydrogen-bond donors (Lipinski definition) is 9. The molecule has 0 saturated carbocycles. The van der Waals surface area contributed by atoms with Crippen molar-refractivity contribution >= 4 is 93.2 Å². The van der Waals surface area contributed by atoms with Crippen LogP contribution in [0.15, 0.2) is 34.9 Å². The lowest BCUT2D eigenvalue weighted by Crippen LogP contribution is -2.46. The van der Waals surface area contributed by atoms with Crippen molar-refractivity contribution in [2.24, 2.45) is 7.05 Å². The number of ether oxygens (including phenoxy) is 4. The molecule has 4 unspecified atom stereocenters. The maximum absolute atomic E-state index is 13.9. The molecule has 3 aliphatic rings. The number of aryl methyl sites for hydroxylation is 1. The zero-order chi connectivity index (χ0) is 54.3. The first-order valence-electron chi connectivity index (χ1n) is 21.1. The number of phosphoric acid groups is 3. The van der Waals surface area contributed by atoms with Crippen LogP contribution in [0.2, 0.25) is 0 Å². The van der Waals surface area contributed by atoms with Crippen molar-refractivity contribution in [3.63, 3.8) is 0 Å². The van der Waals surface area contributed by atoms with Crippen molar-refractivity contribution in [3.05, 3.63) is 46.0 Å². The highest BCUT2D eigenvalue weighted by Gasteiger charge is 2.51. The Kier molecular flexibility index (Phi) is 15.1. The quantitative estimate of drug-likeness (QED) is 0.0269. The van der Waals surface area contributed by atoms with Gasteiger partial charge >= 0.3 is 5.65 Å². The molecule has 12 N–H and O–H groups in total. The molecule has 410 valence electrons. The van der Waals surface area contributed by atoms with Crippen LogP contribution < -0.4 is 52.5 Å². The molecule has 9 rings (SSSR count). The summed E-state index contributed by atoms with van der Waals surface area (Å²) in [4.78, 5) is 106. The van der Waals surface area contributed by atoms with Crippen LogP contribution in [0.4, 0.5) is 17.7 Å². The maximum atomic E-state index is 13.9. The molecule has 6 aromatic heterocycles. The molecule has 0 radical (unpaired) electrons. The first kappa shape index (κ1) is 55.0. The number of nitrogens with zero attached hydrogens (tertiary/aromatic N) is 10. The Balaban J connectivity index is 0.862. The SMILES string of the molecule is CO[C@@H]1[C@H](OP([O-])(=S)OC[C@H]2O[C@@H](n3cnc4c(=O)[nH]c(N)nc43)[C@H](O)[C@@H]2O)[C@@H](COP(=O)([O-])OP(=O)([O-])OP(=O)([O-])OC[C@H]2O[C@@H]([n+]3cn(C)c4c(=O)[nH]c(N)nc43)[C@H](O)[C@@H]2O)O[C@H]1n1cnc2c(N)ncnc21. The average molecular weight is 1160 g/mol. The summed E-state index contributed by atoms with van der Waals surface area (Å²) in [6.07, 6.45) is -15.6. The van der Waals surface area contributed by atoms with Gasteiger partial charge in [0.1, 0.15) is 73.5 Å². The molecule has 0 aliphatic carbocycles. The minimum absolute atomic E-state index is 0.0160. The van der Waals surface area contributed by atoms with Gasteiger partial charge in [0.05, 0.1) is 39.5 Å². The second-order valence-corrected chi connectivity index (χ2v) is 23.6. The maximum Gasteiger partial charge on any atom is 0.313 e. The van der Waals surface area contributed by atoms with E-state index >= 15 is 0 Å². The van der Waals surface area contributed by atoms with Crippen LogP contribution in [0.1, 0.15) is 18.7 Å². The summed E-state index contributed by atoms with van der Waals surface area (Å²) in [6.45, 7) is -8.31. The predicted molar refractivity (Wildman–Crippen MR) is 237 cm³/mol. The third-order valence-corrected chi connectivity index (χ3v) is 17.2. The van der Waals surface area contributed by atoms with Gasteiger partial charge in [-0.15, -0.1) is 0 Å². The van der Waals surface area contributed by atoms with Gasteiger partial charge in [0.15, 0.2) is 41.4 Å². The molecule has 0 spiro atoms. The highest BCUT2D eigenvalue weighted by molar-refractivity contribution is 8.06. The van der Waals surface area contributed by atoms with Gasteiger partial charge in [0.2, 0.25) is 17.7 Å². The number of phosphoric ester groups is 2. The molecule has 75 heavy (non-hydrogen) atoms. The number of aromatic nitrogens is 12. The van der Waals surface area contributed by atoms with Crippen molar-refractivity contribution < 1.29 is 104 Å². The molecule has 43 heteroatoms. The summed E-state index contributed by atoms with van der Waals surface area (Å²) in [5.74, 6) is -0.714. The third kappa shape index (κ3) is 11.1. The molecular formula is C32H40N15O23P4S-3. The lowest BCUT2D eigenvalue weighted by atomic mass is 10.1. The van der Waals surface area contributed by atoms with Crippen LogP contribution in [0.5, 0.6) is 0 Å². The number of imidazole rings is 3. The van der Waals surface area contributed by atoms with E-state index in [0.29, 0.717) is 0 Å². The van der Waals surface area contributed by atoms with Gasteiger partial charge in [0.25, 0.3) is 40.5 Å². The topological polar surface area (TPSA) is 556 Å². The van der Waals surface area contributed by atoms with Gasteiger partial charge < -0.3 is 94.2 Å². The molecular weight excluding hydrogens is 1120 g/mol. The predicted octanol–water partition coefficient (Wildman–Crippen LogP) is -7.12. The van der Waals surface area contributed by atoms with E-state index in [4.69, 9.17) is 61.5 Å². The van der Waals surface area contributed by atoms with Crippen molar-refractivity contribution in [1.82, 2.24) is 53.6 Å². The lowest BCUT2D eigenvalue weighted by Gasteiger charge is -2.36. The number of aliphatic hydroxyl groups excluding tert-OH is 4. The highest BCUT2D eigenvalue weighted by atomic mass is 32.5. The molecule has 3 aliphatic heterocycles. The Morgan fingerprint density at radius 3 is 1.97 bits per heavy atom. The number of H-pyrrole nitrogens is 2. The fourth-order valence-corrected chi connectivity index (χ4v) is 13.1. The van der Waals surface area contributed by atoms with Crippen molar-refractivity contribution in [2.45, 2.75) is 73.6 Å². The molecule has 16 atom stereocenters. The van der Waals surface area contributed by atoms with Gasteiger partial charge in [-0.3, -0.25) is 47.0 Å². The number of nitrogens with two attached hydrogens (primary N) is 3. The number of aromatic amines is 2. The zero-order valence-corrected chi connectivity index (χ0v) is 42.2. The number of anilines is 3. The number of nitrogens with one attached hydrogen (secondary N) is 2. The Labute approximate surface area is 420 Å². The number of fused-ring (bicyclic) bond motifs is 3. The Morgan fingerprint density at radius 2 is 1.29 bits per heavy atom. The fourth-order valence-electron chi connectivity index (χ4n) is 8.26. The monoisotopic (exact) mass is 1160 g/mol. The summed E-state index contributed by atoms with van der Waals surface area (Å²) in [5.41, 5.74) is 15.4. The van der Waals surface area contributed by atoms with E-state index in [0.717, 1.165) is 35.2 Å². The van der Waals surface area contributed by atoms with E-state index in [-0.39, 0.29) is 51.2 Å². The van der Waals surface area contributed by atoms with E-state index in [9.17, 15) is 63.3 Å². The summed E-state index contributed by atoms with van der Waals surface area (Å²) < 4.78 is 94.3. The minimum Gasteiger partial charge on any atom is -0.780 e. The molecule has 9 heterocycles. The molecule has 3 saturated heterocycles. The molecule has 6 aromatic rings. The first-order valence-corrected chi connectivity index (χ1v) is 28.0. The van der Waals surface area contributed by atoms with Gasteiger partial charge in [-0.25, -0.2) is 33.1 Å². The van der Waals surface area contributed by atoms with Crippen LogP contribution in [0.25, 0.3) is 33.5 Å². The van der Waals surface area contributed by atoms with Crippen LogP contribution in [0, 0.1) is 0 Å². The van der Waals surface area contributed by atoms with Gasteiger partial charge in [0, 0.05) is 7.11 Å². The highest BCUT2D eigenvalue weighted by Crippen LogP contribution is 2.63. The molecule has 38 nitrogen and oxygen atoms in total. The number of nitrogen functional groups attached to an aromatic ring is 3. The van der Waals surface area contributed by atoms with Crippen LogP contribution in [0.3, 0.4) is 0 Å². The normalized spacial score (nSPS) is 30.5. The largest absolute Gasteiger partial charge is 0.780 e. The summed E-state index contributed by atoms with van der Waals surface area (Å²) in [5, 5.41) is 43.2. The molecule has 3 fully saturated rings. The Morgan fingerprint density at radius 1 is 0.720 bits per heavy atom. The van der Waals surface area contributed by atoms with E-state index in [1.807, 2.05) is 0 Å². The number of aliphatic hydroxyl groups is 4. The van der Waals surface area contributed by atoms with Gasteiger partial charge in [-0.1, -0.05) is 16.8 Å². The summed E-state index contributed by atoms with van der Waals surface area (Å²) in [7, 11) is -16.5. The van der Waals surface area contributed by atoms with Crippen molar-refractivity contribution in [1.29, 1.82) is 0 Å². The first-order chi connectivity index (χ1) is 35.2. The summed E-state index contributed by atoms with van der Waals surface area (Å²) >= 11 is 5.14. The third-order valence-electron chi connectivity index (χ3n) is 11.5. The van der Waals surface area contributed by atoms with E-state index in [1.165, 1.54) is 22.5 Å². The van der Waals surface area contributed by atoms with Crippen LogP contribution >= 0.6 is 30.2 Å². The average Bonchev–Trinajstić information content (AvgIpc) is 4.17. The van der Waals surface area contributed by atoms with E-state index in [1.54, 1.807) is 0 Å². The van der Waals surface area contributed by atoms with Gasteiger partial charge in [-0.05, 0) is 0 Å². The fraction of sp³-hybridized carbons (Fsp3) is 0.531. The smallest absolute Gasteiger partial charge is 0.313 e. The molecule has 0 amide bonds. The second-order valence-electron chi connectivity index (χ2n) is 16.4. The Bertz CT molecular complexity index is 3470. The number of hydrogen-bond acceptors (Lipinski definition) is 33. The second kappa shape index (κ2) is 20.6. The van der Waals surface area contributed by atoms with E-state index in [2.05, 4.69) is 53.0 Å². The van der Waals surface area contributed by atoms with E-state index < -0.39 is 135 Å². The lowest BCUT2D eigenvalue weighted by molar-refractivity contribution is -0.745. The minimum atomic E-state index is -6.56.